The van der Waals surface area contributed by atoms with Crippen molar-refractivity contribution in [1.29, 1.82) is 0 Å². The van der Waals surface area contributed by atoms with Gasteiger partial charge < -0.3 is 9.68 Å². The van der Waals surface area contributed by atoms with Gasteiger partial charge in [0.15, 0.2) is 12.1 Å². The first-order valence-electron chi connectivity index (χ1n) is 9.26. The summed E-state index contributed by atoms with van der Waals surface area (Å²) in [5.41, 5.74) is 6.42. The number of rotatable bonds is 3. The maximum Gasteiger partial charge on any atom is 0.491 e. The molecule has 154 valence electrons. The van der Waals surface area contributed by atoms with Gasteiger partial charge in [0, 0.05) is 29.5 Å². The molecule has 0 saturated heterocycles. The molecule has 1 amide bonds. The maximum absolute atomic E-state index is 12.1. The van der Waals surface area contributed by atoms with Gasteiger partial charge in [-0.05, 0) is 63.8 Å². The molecule has 1 aliphatic heterocycles. The summed E-state index contributed by atoms with van der Waals surface area (Å²) >= 11 is 0. The first-order valence-corrected chi connectivity index (χ1v) is 9.26. The van der Waals surface area contributed by atoms with Crippen molar-refractivity contribution >= 4 is 24.8 Å². The van der Waals surface area contributed by atoms with Crippen molar-refractivity contribution in [3.63, 3.8) is 0 Å². The van der Waals surface area contributed by atoms with Crippen molar-refractivity contribution in [2.45, 2.75) is 46.8 Å². The van der Waals surface area contributed by atoms with E-state index in [1.165, 1.54) is 0 Å². The highest BCUT2D eigenvalue weighted by atomic mass is 16.5. The summed E-state index contributed by atoms with van der Waals surface area (Å²) in [6.07, 6.45) is 0.653. The van der Waals surface area contributed by atoms with Crippen molar-refractivity contribution in [3.8, 4) is 0 Å². The molecule has 0 bridgehead atoms. The number of carbonyl (C=O) groups excluding carboxylic acids is 2. The number of carbonyl (C=O) groups is 2. The fourth-order valence-electron chi connectivity index (χ4n) is 2.55. The molecule has 0 radical (unpaired) electrons. The molecule has 3 rings (SSSR count). The molecule has 1 aliphatic rings. The van der Waals surface area contributed by atoms with Gasteiger partial charge in [-0.1, -0.05) is 6.07 Å². The number of hydrazine groups is 1. The third-order valence-corrected chi connectivity index (χ3v) is 4.45. The summed E-state index contributed by atoms with van der Waals surface area (Å²) < 4.78 is 5.11. The molecule has 29 heavy (non-hydrogen) atoms. The number of amides is 1. The fraction of sp³-hybridized carbons (Fsp3) is 0.400. The summed E-state index contributed by atoms with van der Waals surface area (Å²) in [6.45, 7) is 10.1. The Kier molecular flexibility index (Phi) is 7.24. The lowest BCUT2D eigenvalue weighted by atomic mass is 9.79. The van der Waals surface area contributed by atoms with Gasteiger partial charge in [0.1, 0.15) is 0 Å². The fourth-order valence-corrected chi connectivity index (χ4v) is 2.55. The van der Waals surface area contributed by atoms with Crippen LogP contribution in [0, 0.1) is 13.8 Å². The molecular formula is C20H27BN4O4. The lowest BCUT2D eigenvalue weighted by Gasteiger charge is -2.31. The number of benzene rings is 1. The molecule has 0 fully saturated rings. The molecule has 2 heterocycles. The molecular weight excluding hydrogens is 371 g/mol. The van der Waals surface area contributed by atoms with Gasteiger partial charge >= 0.3 is 7.12 Å². The number of hydrogen-bond donors (Lipinski definition) is 2. The van der Waals surface area contributed by atoms with Crippen LogP contribution in [-0.2, 0) is 11.3 Å². The van der Waals surface area contributed by atoms with Gasteiger partial charge in [-0.2, -0.15) is 0 Å². The number of aldehydes is 1. The van der Waals surface area contributed by atoms with Crippen LogP contribution in [-0.4, -0.2) is 51.9 Å². The smallest absolute Gasteiger partial charge is 0.423 e. The minimum Gasteiger partial charge on any atom is -0.423 e. The lowest BCUT2D eigenvalue weighted by Crippen LogP contribution is -2.50. The van der Waals surface area contributed by atoms with E-state index in [2.05, 4.69) is 15.4 Å². The largest absolute Gasteiger partial charge is 0.491 e. The number of nitrogens with zero attached hydrogens (tertiary/aromatic N) is 3. The average molecular weight is 398 g/mol. The number of aromatic nitrogens is 2. The van der Waals surface area contributed by atoms with E-state index in [1.807, 2.05) is 53.8 Å². The zero-order chi connectivity index (χ0) is 21.8. The van der Waals surface area contributed by atoms with Crippen LogP contribution in [0.15, 0.2) is 24.3 Å². The Balaban J connectivity index is 0.000000253. The Bertz CT molecular complexity index is 878. The van der Waals surface area contributed by atoms with E-state index in [1.54, 1.807) is 17.1 Å². The zero-order valence-electron chi connectivity index (χ0n) is 17.7. The highest BCUT2D eigenvalue weighted by Crippen LogP contribution is 2.12. The van der Waals surface area contributed by atoms with Crippen molar-refractivity contribution in [2.24, 2.45) is 0 Å². The van der Waals surface area contributed by atoms with Crippen LogP contribution in [0.25, 0.3) is 0 Å². The van der Waals surface area contributed by atoms with E-state index in [4.69, 9.17) is 4.65 Å². The van der Waals surface area contributed by atoms with Crippen molar-refractivity contribution in [3.05, 3.63) is 52.6 Å². The maximum atomic E-state index is 12.1. The SMILES string of the molecule is CN(NC(=O)c1ccc2c(c1)B(O)OC2)C(C)(C)C.Cc1cc(C)nc(C=O)n1. The Morgan fingerprint density at radius 2 is 1.86 bits per heavy atom. The summed E-state index contributed by atoms with van der Waals surface area (Å²) in [5.74, 6) is 0.0665. The standard InChI is InChI=1S/C13H19BN2O3.C7H8N2O/c1-13(2,3)16(4)15-12(17)9-5-6-10-8-19-14(18)11(10)7-9;1-5-3-6(2)9-7(4-10)8-5/h5-7,18H,8H2,1-4H3,(H,15,17);3-4H,1-2H3. The predicted octanol–water partition coefficient (Wildman–Crippen LogP) is 1.19. The van der Waals surface area contributed by atoms with Gasteiger partial charge in [0.25, 0.3) is 5.91 Å². The molecule has 0 aliphatic carbocycles. The van der Waals surface area contributed by atoms with E-state index >= 15 is 0 Å². The van der Waals surface area contributed by atoms with Crippen LogP contribution in [0.4, 0.5) is 0 Å². The second kappa shape index (κ2) is 9.26. The van der Waals surface area contributed by atoms with E-state index in [0.717, 1.165) is 17.0 Å². The van der Waals surface area contributed by atoms with Gasteiger partial charge in [-0.15, -0.1) is 0 Å². The first kappa shape index (κ1) is 22.7. The summed E-state index contributed by atoms with van der Waals surface area (Å²) in [6, 6.07) is 7.06. The van der Waals surface area contributed by atoms with Crippen LogP contribution in [0.2, 0.25) is 0 Å². The van der Waals surface area contributed by atoms with Crippen LogP contribution in [0.5, 0.6) is 0 Å². The number of fused-ring (bicyclic) bond motifs is 1. The molecule has 2 N–H and O–H groups in total. The van der Waals surface area contributed by atoms with E-state index in [0.29, 0.717) is 23.9 Å². The van der Waals surface area contributed by atoms with Crippen LogP contribution < -0.4 is 10.9 Å². The van der Waals surface area contributed by atoms with Crippen LogP contribution in [0.1, 0.15) is 58.7 Å². The lowest BCUT2D eigenvalue weighted by molar-refractivity contribution is 0.0643. The molecule has 0 atom stereocenters. The third-order valence-electron chi connectivity index (χ3n) is 4.45. The molecule has 0 saturated carbocycles. The second-order valence-electron chi connectivity index (χ2n) is 7.87. The average Bonchev–Trinajstić information content (AvgIpc) is 3.01. The van der Waals surface area contributed by atoms with E-state index in [-0.39, 0.29) is 17.3 Å². The van der Waals surface area contributed by atoms with Gasteiger partial charge in [-0.25, -0.2) is 15.0 Å². The van der Waals surface area contributed by atoms with Gasteiger partial charge in [-0.3, -0.25) is 15.0 Å². The summed E-state index contributed by atoms with van der Waals surface area (Å²) in [4.78, 5) is 30.1. The Labute approximate surface area is 171 Å². The highest BCUT2D eigenvalue weighted by Gasteiger charge is 2.28. The molecule has 0 spiro atoms. The van der Waals surface area contributed by atoms with Crippen molar-refractivity contribution < 1.29 is 19.3 Å². The third kappa shape index (κ3) is 6.18. The molecule has 8 nitrogen and oxygen atoms in total. The van der Waals surface area contributed by atoms with Crippen LogP contribution >= 0.6 is 0 Å². The Morgan fingerprint density at radius 1 is 1.24 bits per heavy atom. The predicted molar refractivity (Wildman–Crippen MR) is 111 cm³/mol. The first-order chi connectivity index (χ1) is 13.5. The van der Waals surface area contributed by atoms with Crippen molar-refractivity contribution in [1.82, 2.24) is 20.4 Å². The molecule has 1 aromatic carbocycles. The second-order valence-corrected chi connectivity index (χ2v) is 7.87. The number of hydrogen-bond acceptors (Lipinski definition) is 7. The molecule has 2 aromatic rings. The minimum absolute atomic E-state index is 0.158. The van der Waals surface area contributed by atoms with Gasteiger partial charge in [0.05, 0.1) is 6.61 Å². The molecule has 0 unspecified atom stereocenters. The minimum atomic E-state index is -0.928. The highest BCUT2D eigenvalue weighted by molar-refractivity contribution is 6.61. The van der Waals surface area contributed by atoms with Crippen LogP contribution in [0.3, 0.4) is 0 Å². The Morgan fingerprint density at radius 3 is 2.41 bits per heavy atom. The monoisotopic (exact) mass is 398 g/mol. The molecule has 9 heteroatoms. The van der Waals surface area contributed by atoms with Gasteiger partial charge in [0.2, 0.25) is 0 Å². The molecule has 1 aromatic heterocycles. The quantitative estimate of drug-likeness (QED) is 0.455. The zero-order valence-corrected chi connectivity index (χ0v) is 17.7. The van der Waals surface area contributed by atoms with E-state index in [9.17, 15) is 14.6 Å². The number of nitrogens with one attached hydrogen (secondary N) is 1. The number of aryl methyl sites for hydroxylation is 2. The van der Waals surface area contributed by atoms with Crippen molar-refractivity contribution in [2.75, 3.05) is 7.05 Å². The summed E-state index contributed by atoms with van der Waals surface area (Å²) in [5, 5.41) is 11.4. The normalized spacial score (nSPS) is 12.9. The Hall–Kier alpha value is -2.62. The topological polar surface area (TPSA) is 105 Å². The summed E-state index contributed by atoms with van der Waals surface area (Å²) in [7, 11) is 0.895. The van der Waals surface area contributed by atoms with E-state index < -0.39 is 7.12 Å².